The van der Waals surface area contributed by atoms with Crippen LogP contribution >= 0.6 is 23.3 Å². The Bertz CT molecular complexity index is 733. The van der Waals surface area contributed by atoms with Crippen LogP contribution in [0.25, 0.3) is 0 Å². The fourth-order valence-electron chi connectivity index (χ4n) is 1.76. The van der Waals surface area contributed by atoms with Crippen molar-refractivity contribution >= 4 is 40.4 Å². The maximum Gasteiger partial charge on any atom is 0.414 e. The molecule has 2 aromatic rings. The first kappa shape index (κ1) is 19.0. The lowest BCUT2D eigenvalue weighted by atomic mass is 10.2. The minimum atomic E-state index is -1.12. The molecule has 1 aromatic carbocycles. The fraction of sp³-hybridized carbons (Fsp3) is 0.333. The third-order valence-electron chi connectivity index (χ3n) is 3.18. The van der Waals surface area contributed by atoms with Crippen LogP contribution in [0.2, 0.25) is 0 Å². The zero-order valence-electron chi connectivity index (χ0n) is 14.0. The summed E-state index contributed by atoms with van der Waals surface area (Å²) in [6, 6.07) is 7.12. The lowest BCUT2D eigenvalue weighted by Crippen LogP contribution is -2.28. The Morgan fingerprint density at radius 3 is 2.52 bits per heavy atom. The molecule has 0 saturated heterocycles. The molecule has 2 rings (SSSR count). The molecule has 8 nitrogen and oxygen atoms in total. The van der Waals surface area contributed by atoms with Gasteiger partial charge < -0.3 is 14.7 Å². The topological polar surface area (TPSA) is 95.9 Å². The quantitative estimate of drug-likeness (QED) is 0.735. The van der Waals surface area contributed by atoms with E-state index < -0.39 is 6.09 Å². The second-order valence-electron chi connectivity index (χ2n) is 5.15. The Hall–Kier alpha value is -2.33. The maximum absolute atomic E-state index is 11.6. The first-order chi connectivity index (χ1) is 11.9. The van der Waals surface area contributed by atoms with Crippen LogP contribution in [0, 0.1) is 0 Å². The number of ether oxygens (including phenoxy) is 1. The van der Waals surface area contributed by atoms with E-state index in [1.54, 1.807) is 45.5 Å². The number of hydrogen-bond acceptors (Lipinski definition) is 7. The Kier molecular flexibility index (Phi) is 6.59. The second kappa shape index (κ2) is 8.67. The van der Waals surface area contributed by atoms with Crippen LogP contribution in [0.5, 0.6) is 5.75 Å². The van der Waals surface area contributed by atoms with Crippen molar-refractivity contribution in [2.24, 2.45) is 0 Å². The maximum atomic E-state index is 11.6. The average molecular weight is 382 g/mol. The van der Waals surface area contributed by atoms with Crippen LogP contribution < -0.4 is 9.64 Å². The minimum Gasteiger partial charge on any atom is -0.497 e. The molecule has 0 saturated carbocycles. The number of carbonyl (C=O) groups is 2. The highest BCUT2D eigenvalue weighted by Gasteiger charge is 2.20. The van der Waals surface area contributed by atoms with Gasteiger partial charge in [-0.2, -0.15) is 9.36 Å². The number of anilines is 1. The number of aromatic nitrogens is 2. The third kappa shape index (κ3) is 5.33. The minimum absolute atomic E-state index is 0.0605. The molecule has 0 atom stereocenters. The molecule has 0 aliphatic rings. The van der Waals surface area contributed by atoms with Crippen LogP contribution in [-0.2, 0) is 11.3 Å². The molecule has 0 bridgehead atoms. The molecule has 0 aliphatic carbocycles. The second-order valence-corrected chi connectivity index (χ2v) is 6.83. The van der Waals surface area contributed by atoms with Gasteiger partial charge in [-0.25, -0.2) is 9.69 Å². The van der Waals surface area contributed by atoms with Gasteiger partial charge in [-0.05, 0) is 17.7 Å². The van der Waals surface area contributed by atoms with Gasteiger partial charge >= 0.3 is 6.09 Å². The van der Waals surface area contributed by atoms with Gasteiger partial charge in [0, 0.05) is 25.6 Å². The van der Waals surface area contributed by atoms with Crippen LogP contribution in [0.1, 0.15) is 5.56 Å². The normalized spacial score (nSPS) is 10.4. The summed E-state index contributed by atoms with van der Waals surface area (Å²) in [5.41, 5.74) is 0.801. The van der Waals surface area contributed by atoms with E-state index >= 15 is 0 Å². The van der Waals surface area contributed by atoms with Gasteiger partial charge in [-0.3, -0.25) is 4.79 Å². The number of thioether (sulfide) groups is 1. The van der Waals surface area contributed by atoms with E-state index in [0.29, 0.717) is 10.9 Å². The van der Waals surface area contributed by atoms with E-state index in [-0.39, 0.29) is 23.3 Å². The summed E-state index contributed by atoms with van der Waals surface area (Å²) in [6.07, 6.45) is -1.12. The van der Waals surface area contributed by atoms with Crippen molar-refractivity contribution in [3.05, 3.63) is 29.8 Å². The Balaban J connectivity index is 2.07. The van der Waals surface area contributed by atoms with Crippen LogP contribution in [-0.4, -0.2) is 58.3 Å². The number of nitrogens with zero attached hydrogens (tertiary/aromatic N) is 4. The van der Waals surface area contributed by atoms with Gasteiger partial charge in [-0.1, -0.05) is 23.9 Å². The largest absolute Gasteiger partial charge is 0.497 e. The molecule has 0 unspecified atom stereocenters. The lowest BCUT2D eigenvalue weighted by molar-refractivity contribution is -0.125. The van der Waals surface area contributed by atoms with Gasteiger partial charge in [0.15, 0.2) is 0 Å². The molecule has 134 valence electrons. The van der Waals surface area contributed by atoms with Gasteiger partial charge in [0.2, 0.25) is 16.2 Å². The number of rotatable bonds is 7. The van der Waals surface area contributed by atoms with Crippen molar-refractivity contribution in [2.45, 2.75) is 11.7 Å². The zero-order valence-corrected chi connectivity index (χ0v) is 15.6. The predicted octanol–water partition coefficient (Wildman–Crippen LogP) is 2.41. The average Bonchev–Trinajstić information content (AvgIpc) is 3.06. The van der Waals surface area contributed by atoms with Crippen molar-refractivity contribution < 1.29 is 19.4 Å². The van der Waals surface area contributed by atoms with Crippen molar-refractivity contribution in [3.63, 3.8) is 0 Å². The molecular formula is C15H18N4O4S2. The number of amides is 2. The summed E-state index contributed by atoms with van der Waals surface area (Å²) in [5, 5.41) is 10.1. The van der Waals surface area contributed by atoms with E-state index in [0.717, 1.165) is 22.0 Å². The molecule has 25 heavy (non-hydrogen) atoms. The molecule has 0 spiro atoms. The smallest absolute Gasteiger partial charge is 0.414 e. The Morgan fingerprint density at radius 2 is 1.96 bits per heavy atom. The van der Waals surface area contributed by atoms with E-state index in [1.165, 1.54) is 16.7 Å². The summed E-state index contributed by atoms with van der Waals surface area (Å²) < 4.78 is 9.21. The summed E-state index contributed by atoms with van der Waals surface area (Å²) in [5.74, 6) is 0.842. The highest BCUT2D eigenvalue weighted by molar-refractivity contribution is 7.99. The molecule has 0 fully saturated rings. The molecule has 0 radical (unpaired) electrons. The van der Waals surface area contributed by atoms with Gasteiger partial charge in [0.1, 0.15) is 5.75 Å². The van der Waals surface area contributed by atoms with E-state index in [4.69, 9.17) is 4.74 Å². The number of hydrogen-bond donors (Lipinski definition) is 1. The van der Waals surface area contributed by atoms with Crippen LogP contribution in [0.15, 0.2) is 29.4 Å². The molecule has 1 N–H and O–H groups in total. The Morgan fingerprint density at radius 1 is 1.28 bits per heavy atom. The third-order valence-corrected chi connectivity index (χ3v) is 4.87. The van der Waals surface area contributed by atoms with E-state index in [1.807, 2.05) is 0 Å². The number of carboxylic acid groups (broad SMARTS) is 1. The summed E-state index contributed by atoms with van der Waals surface area (Å²) in [6.45, 7) is 0.148. The monoisotopic (exact) mass is 382 g/mol. The number of carbonyl (C=O) groups excluding carboxylic acids is 1. The SMILES string of the molecule is COc1ccc(CN(C(=O)O)c2nc(SCC(=O)N(C)C)ns2)cc1. The van der Waals surface area contributed by atoms with E-state index in [2.05, 4.69) is 9.36 Å². The van der Waals surface area contributed by atoms with Crippen molar-refractivity contribution in [2.75, 3.05) is 31.9 Å². The van der Waals surface area contributed by atoms with Crippen molar-refractivity contribution in [1.29, 1.82) is 0 Å². The highest BCUT2D eigenvalue weighted by Crippen LogP contribution is 2.25. The van der Waals surface area contributed by atoms with Gasteiger partial charge in [0.05, 0.1) is 19.4 Å². The standard InChI is InChI=1S/C15H18N4O4S2/c1-18(2)12(20)9-24-13-16-14(25-17-13)19(15(21)22)8-10-4-6-11(23-3)7-5-10/h4-7H,8-9H2,1-3H3,(H,21,22). The van der Waals surface area contributed by atoms with Crippen molar-refractivity contribution in [1.82, 2.24) is 14.3 Å². The van der Waals surface area contributed by atoms with E-state index in [9.17, 15) is 14.7 Å². The molecule has 1 heterocycles. The highest BCUT2D eigenvalue weighted by atomic mass is 32.2. The number of benzene rings is 1. The van der Waals surface area contributed by atoms with Crippen molar-refractivity contribution in [3.8, 4) is 5.75 Å². The molecular weight excluding hydrogens is 364 g/mol. The first-order valence-corrected chi connectivity index (χ1v) is 8.96. The van der Waals surface area contributed by atoms with Crippen LogP contribution in [0.3, 0.4) is 0 Å². The fourth-order valence-corrected chi connectivity index (χ4v) is 3.37. The predicted molar refractivity (Wildman–Crippen MR) is 96.5 cm³/mol. The zero-order chi connectivity index (χ0) is 18.4. The van der Waals surface area contributed by atoms with Gasteiger partial charge in [-0.15, -0.1) is 0 Å². The molecule has 2 amide bonds. The first-order valence-electron chi connectivity index (χ1n) is 7.20. The summed E-state index contributed by atoms with van der Waals surface area (Å²) >= 11 is 2.17. The lowest BCUT2D eigenvalue weighted by Gasteiger charge is -2.15. The molecule has 0 aliphatic heterocycles. The van der Waals surface area contributed by atoms with Gasteiger partial charge in [0.25, 0.3) is 0 Å². The summed E-state index contributed by atoms with van der Waals surface area (Å²) in [7, 11) is 4.91. The molecule has 10 heteroatoms. The number of methoxy groups -OCH3 is 1. The summed E-state index contributed by atoms with van der Waals surface area (Å²) in [4.78, 5) is 30.0. The molecule has 1 aromatic heterocycles. The van der Waals surface area contributed by atoms with Crippen LogP contribution in [0.4, 0.5) is 9.93 Å². The Labute approximate surface area is 153 Å².